The van der Waals surface area contributed by atoms with Gasteiger partial charge >= 0.3 is 0 Å². The van der Waals surface area contributed by atoms with Gasteiger partial charge in [0.25, 0.3) is 0 Å². The third-order valence-corrected chi connectivity index (χ3v) is 6.88. The van der Waals surface area contributed by atoms with Gasteiger partial charge < -0.3 is 10.1 Å². The summed E-state index contributed by atoms with van der Waals surface area (Å²) in [4.78, 5) is 0.761. The fourth-order valence-corrected chi connectivity index (χ4v) is 5.21. The van der Waals surface area contributed by atoms with Gasteiger partial charge in [0.15, 0.2) is 0 Å². The third kappa shape index (κ3) is 4.17. The molecule has 1 unspecified atom stereocenters. The molecule has 1 N–H and O–H groups in total. The van der Waals surface area contributed by atoms with Crippen molar-refractivity contribution in [3.63, 3.8) is 0 Å². The Bertz CT molecular complexity index is 815. The summed E-state index contributed by atoms with van der Waals surface area (Å²) >= 11 is 5.25. The van der Waals surface area contributed by atoms with Crippen LogP contribution in [0.3, 0.4) is 0 Å². The smallest absolute Gasteiger partial charge is 0.244 e. The van der Waals surface area contributed by atoms with Crippen LogP contribution in [-0.4, -0.2) is 50.4 Å². The standard InChI is InChI=1S/C18H22N2O3S2/c1-23-16-6-4-5-14(12-16)11-15-13-20(10-9-19-15)25(21,22)18-8-3-2-7-17(18)24/h2-6,8,12,15,19H,7,9-11,13H2,1H3. The summed E-state index contributed by atoms with van der Waals surface area (Å²) in [5, 5.41) is 3.41. The van der Waals surface area contributed by atoms with Crippen molar-refractivity contribution in [3.05, 3.63) is 53.0 Å². The van der Waals surface area contributed by atoms with E-state index in [2.05, 4.69) is 5.32 Å². The van der Waals surface area contributed by atoms with Crippen LogP contribution >= 0.6 is 12.2 Å². The van der Waals surface area contributed by atoms with Crippen LogP contribution in [0, 0.1) is 0 Å². The zero-order valence-corrected chi connectivity index (χ0v) is 15.8. The molecule has 1 aliphatic heterocycles. The minimum absolute atomic E-state index is 0.0592. The van der Waals surface area contributed by atoms with Crippen molar-refractivity contribution in [3.8, 4) is 5.75 Å². The largest absolute Gasteiger partial charge is 0.497 e. The molecule has 1 heterocycles. The van der Waals surface area contributed by atoms with Gasteiger partial charge in [-0.05, 0) is 30.2 Å². The topological polar surface area (TPSA) is 58.6 Å². The predicted molar refractivity (Wildman–Crippen MR) is 103 cm³/mol. The van der Waals surface area contributed by atoms with E-state index in [9.17, 15) is 8.42 Å². The summed E-state index contributed by atoms with van der Waals surface area (Å²) in [7, 11) is -1.89. The molecule has 5 nitrogen and oxygen atoms in total. The number of thiocarbonyl (C=S) groups is 1. The predicted octanol–water partition coefficient (Wildman–Crippen LogP) is 2.06. The molecule has 0 radical (unpaired) electrons. The molecule has 0 amide bonds. The highest BCUT2D eigenvalue weighted by Gasteiger charge is 2.33. The number of sulfonamides is 1. The molecule has 0 spiro atoms. The average molecular weight is 379 g/mol. The number of rotatable bonds is 5. The Hall–Kier alpha value is -1.54. The van der Waals surface area contributed by atoms with Crippen LogP contribution in [0.15, 0.2) is 47.4 Å². The first-order chi connectivity index (χ1) is 12.0. The van der Waals surface area contributed by atoms with Crippen molar-refractivity contribution in [2.24, 2.45) is 0 Å². The summed E-state index contributed by atoms with van der Waals surface area (Å²) < 4.78 is 32.7. The van der Waals surface area contributed by atoms with E-state index in [-0.39, 0.29) is 10.9 Å². The van der Waals surface area contributed by atoms with E-state index < -0.39 is 10.0 Å². The van der Waals surface area contributed by atoms with Crippen LogP contribution < -0.4 is 10.1 Å². The summed E-state index contributed by atoms with van der Waals surface area (Å²) in [5.41, 5.74) is 1.12. The normalized spacial score (nSPS) is 21.9. The average Bonchev–Trinajstić information content (AvgIpc) is 2.62. The number of hydrogen-bond acceptors (Lipinski definition) is 5. The van der Waals surface area contributed by atoms with Gasteiger partial charge in [0.1, 0.15) is 5.75 Å². The van der Waals surface area contributed by atoms with Crippen LogP contribution in [0.5, 0.6) is 5.75 Å². The summed E-state index contributed by atoms with van der Waals surface area (Å²) in [6.07, 6.45) is 6.51. The Morgan fingerprint density at radius 1 is 1.40 bits per heavy atom. The number of hydrogen-bond donors (Lipinski definition) is 1. The van der Waals surface area contributed by atoms with Crippen molar-refractivity contribution in [2.45, 2.75) is 18.9 Å². The number of ether oxygens (including phenoxy) is 1. The molecular weight excluding hydrogens is 356 g/mol. The summed E-state index contributed by atoms with van der Waals surface area (Å²) in [6.45, 7) is 1.52. The van der Waals surface area contributed by atoms with Gasteiger partial charge in [-0.15, -0.1) is 0 Å². The number of allylic oxidation sites excluding steroid dienone is 4. The van der Waals surface area contributed by atoms with E-state index in [1.807, 2.05) is 30.3 Å². The Morgan fingerprint density at radius 2 is 2.24 bits per heavy atom. The first kappa shape index (κ1) is 18.3. The number of nitrogens with zero attached hydrogens (tertiary/aromatic N) is 1. The number of piperazine rings is 1. The second-order valence-electron chi connectivity index (χ2n) is 6.16. The maximum atomic E-state index is 12.9. The molecule has 3 rings (SSSR count). The van der Waals surface area contributed by atoms with Gasteiger partial charge in [-0.2, -0.15) is 4.31 Å². The SMILES string of the molecule is COc1cccc(CC2CN(S(=O)(=O)C3=CC=CCC3=S)CCN2)c1. The molecule has 25 heavy (non-hydrogen) atoms. The molecule has 7 heteroatoms. The van der Waals surface area contributed by atoms with Crippen LogP contribution in [0.4, 0.5) is 0 Å². The highest BCUT2D eigenvalue weighted by atomic mass is 32.2. The van der Waals surface area contributed by atoms with Crippen LogP contribution in [0.1, 0.15) is 12.0 Å². The molecule has 1 atom stereocenters. The lowest BCUT2D eigenvalue weighted by atomic mass is 10.0. The molecule has 1 fully saturated rings. The molecular formula is C18H22N2O3S2. The molecule has 2 aliphatic rings. The second kappa shape index (κ2) is 7.78. The second-order valence-corrected chi connectivity index (χ2v) is 8.56. The molecule has 0 bridgehead atoms. The third-order valence-electron chi connectivity index (χ3n) is 4.41. The monoisotopic (exact) mass is 378 g/mol. The lowest BCUT2D eigenvalue weighted by Gasteiger charge is -2.33. The molecule has 1 aromatic rings. The Balaban J connectivity index is 1.73. The van der Waals surface area contributed by atoms with Crippen molar-refractivity contribution in [2.75, 3.05) is 26.7 Å². The maximum absolute atomic E-state index is 12.9. The van der Waals surface area contributed by atoms with E-state index in [0.29, 0.717) is 30.9 Å². The van der Waals surface area contributed by atoms with Gasteiger partial charge in [0.2, 0.25) is 10.0 Å². The number of nitrogens with one attached hydrogen (secondary N) is 1. The van der Waals surface area contributed by atoms with Gasteiger partial charge in [-0.25, -0.2) is 8.42 Å². The van der Waals surface area contributed by atoms with Crippen molar-refractivity contribution < 1.29 is 13.2 Å². The van der Waals surface area contributed by atoms with Crippen molar-refractivity contribution in [1.82, 2.24) is 9.62 Å². The van der Waals surface area contributed by atoms with E-state index in [0.717, 1.165) is 17.7 Å². The molecule has 0 saturated carbocycles. The molecule has 134 valence electrons. The minimum Gasteiger partial charge on any atom is -0.497 e. The summed E-state index contributed by atoms with van der Waals surface area (Å²) in [5.74, 6) is 0.808. The Morgan fingerprint density at radius 3 is 3.00 bits per heavy atom. The molecule has 0 aromatic heterocycles. The lowest BCUT2D eigenvalue weighted by Crippen LogP contribution is -2.53. The number of benzene rings is 1. The fraction of sp³-hybridized carbons (Fsp3) is 0.389. The van der Waals surface area contributed by atoms with Crippen molar-refractivity contribution in [1.29, 1.82) is 0 Å². The minimum atomic E-state index is -3.54. The molecule has 1 saturated heterocycles. The van der Waals surface area contributed by atoms with Crippen LogP contribution in [0.25, 0.3) is 0 Å². The van der Waals surface area contributed by atoms with E-state index in [1.54, 1.807) is 23.6 Å². The fourth-order valence-electron chi connectivity index (χ4n) is 3.13. The highest BCUT2D eigenvalue weighted by molar-refractivity contribution is 7.96. The lowest BCUT2D eigenvalue weighted by molar-refractivity contribution is 0.299. The van der Waals surface area contributed by atoms with E-state index in [1.165, 1.54) is 0 Å². The van der Waals surface area contributed by atoms with Gasteiger partial charge in [0, 0.05) is 37.0 Å². The van der Waals surface area contributed by atoms with Gasteiger partial charge in [-0.1, -0.05) is 36.5 Å². The first-order valence-electron chi connectivity index (χ1n) is 8.27. The maximum Gasteiger partial charge on any atom is 0.244 e. The van der Waals surface area contributed by atoms with E-state index in [4.69, 9.17) is 17.0 Å². The van der Waals surface area contributed by atoms with E-state index >= 15 is 0 Å². The summed E-state index contributed by atoms with van der Waals surface area (Å²) in [6, 6.07) is 7.92. The Labute approximate surface area is 154 Å². The molecule has 1 aromatic carbocycles. The van der Waals surface area contributed by atoms with Gasteiger partial charge in [0.05, 0.1) is 12.0 Å². The van der Waals surface area contributed by atoms with Gasteiger partial charge in [-0.3, -0.25) is 0 Å². The quantitative estimate of drug-likeness (QED) is 0.795. The van der Waals surface area contributed by atoms with Crippen molar-refractivity contribution >= 4 is 27.1 Å². The first-order valence-corrected chi connectivity index (χ1v) is 10.1. The van der Waals surface area contributed by atoms with Crippen LogP contribution in [0.2, 0.25) is 0 Å². The molecule has 1 aliphatic carbocycles. The zero-order valence-electron chi connectivity index (χ0n) is 14.1. The van der Waals surface area contributed by atoms with Crippen LogP contribution in [-0.2, 0) is 16.4 Å². The highest BCUT2D eigenvalue weighted by Crippen LogP contribution is 2.22. The number of methoxy groups -OCH3 is 1. The zero-order chi connectivity index (χ0) is 17.9. The Kier molecular flexibility index (Phi) is 5.68.